The number of hydrogen-bond donors (Lipinski definition) is 1. The van der Waals surface area contributed by atoms with Gasteiger partial charge in [0.15, 0.2) is 0 Å². The highest BCUT2D eigenvalue weighted by molar-refractivity contribution is 5.34. The molecule has 4 atom stereocenters. The summed E-state index contributed by atoms with van der Waals surface area (Å²) in [6.45, 7) is 3.15. The zero-order valence-electron chi connectivity index (χ0n) is 12.5. The summed E-state index contributed by atoms with van der Waals surface area (Å²) in [6.07, 6.45) is 5.70. The van der Waals surface area contributed by atoms with Crippen LogP contribution in [-0.4, -0.2) is 18.8 Å². The smallest absolute Gasteiger partial charge is 0.0991 e. The third-order valence-electron chi connectivity index (χ3n) is 5.98. The van der Waals surface area contributed by atoms with Gasteiger partial charge in [-0.15, -0.1) is 0 Å². The van der Waals surface area contributed by atoms with Gasteiger partial charge in [0.2, 0.25) is 0 Å². The molecule has 2 aliphatic carbocycles. The van der Waals surface area contributed by atoms with Crippen LogP contribution >= 0.6 is 0 Å². The van der Waals surface area contributed by atoms with Crippen molar-refractivity contribution >= 4 is 0 Å². The fourth-order valence-corrected chi connectivity index (χ4v) is 4.74. The highest BCUT2D eigenvalue weighted by Gasteiger charge is 2.66. The van der Waals surface area contributed by atoms with Crippen LogP contribution in [0.3, 0.4) is 0 Å². The van der Waals surface area contributed by atoms with Gasteiger partial charge in [-0.05, 0) is 43.9 Å². The maximum Gasteiger partial charge on any atom is 0.0991 e. The molecular formula is C18H22N2O. The van der Waals surface area contributed by atoms with Gasteiger partial charge < -0.3 is 10.1 Å². The summed E-state index contributed by atoms with van der Waals surface area (Å²) in [5.74, 6) is 0.701. The Balaban J connectivity index is 1.51. The Bertz CT molecular complexity index is 587. The molecule has 1 saturated heterocycles. The van der Waals surface area contributed by atoms with Crippen LogP contribution in [0.25, 0.3) is 0 Å². The topological polar surface area (TPSA) is 45.0 Å². The summed E-state index contributed by atoms with van der Waals surface area (Å²) >= 11 is 0. The molecule has 110 valence electrons. The number of nitriles is 1. The van der Waals surface area contributed by atoms with Crippen molar-refractivity contribution in [2.24, 2.45) is 11.3 Å². The van der Waals surface area contributed by atoms with E-state index >= 15 is 0 Å². The van der Waals surface area contributed by atoms with E-state index in [0.29, 0.717) is 29.5 Å². The van der Waals surface area contributed by atoms with Gasteiger partial charge in [-0.3, -0.25) is 0 Å². The standard InChI is InChI=1S/C18H22N2O/c1-12(14-5-2-4-13(10-14)11-19)20-16-15-6-9-21-17(15)18(16)7-3-8-18/h2,4-5,10,12,15-17,20H,3,6-9H2,1H3/t12-,15+,16+,17-/m0/s1. The van der Waals surface area contributed by atoms with E-state index in [0.717, 1.165) is 12.2 Å². The summed E-state index contributed by atoms with van der Waals surface area (Å²) in [7, 11) is 0. The number of fused-ring (bicyclic) bond motifs is 2. The Kier molecular flexibility index (Phi) is 3.06. The molecule has 0 bridgehead atoms. The number of nitrogens with zero attached hydrogens (tertiary/aromatic N) is 1. The molecule has 4 rings (SSSR count). The van der Waals surface area contributed by atoms with Gasteiger partial charge in [0.25, 0.3) is 0 Å². The van der Waals surface area contributed by atoms with Gasteiger partial charge in [0.05, 0.1) is 17.7 Å². The lowest BCUT2D eigenvalue weighted by Crippen LogP contribution is -2.71. The quantitative estimate of drug-likeness (QED) is 0.926. The number of hydrogen-bond acceptors (Lipinski definition) is 3. The van der Waals surface area contributed by atoms with Crippen molar-refractivity contribution in [3.63, 3.8) is 0 Å². The summed E-state index contributed by atoms with van der Waals surface area (Å²) < 4.78 is 5.98. The van der Waals surface area contributed by atoms with Crippen LogP contribution in [0.4, 0.5) is 0 Å². The molecule has 0 radical (unpaired) electrons. The monoisotopic (exact) mass is 282 g/mol. The summed E-state index contributed by atoms with van der Waals surface area (Å²) in [5, 5.41) is 12.9. The van der Waals surface area contributed by atoms with E-state index < -0.39 is 0 Å². The van der Waals surface area contributed by atoms with Crippen molar-refractivity contribution in [2.45, 2.75) is 50.8 Å². The van der Waals surface area contributed by atoms with Crippen molar-refractivity contribution in [1.29, 1.82) is 5.26 Å². The highest BCUT2D eigenvalue weighted by Crippen LogP contribution is 2.63. The molecule has 1 aliphatic heterocycles. The molecule has 1 N–H and O–H groups in total. The minimum Gasteiger partial charge on any atom is -0.377 e. The van der Waals surface area contributed by atoms with E-state index in [9.17, 15) is 0 Å². The van der Waals surface area contributed by atoms with Crippen LogP contribution < -0.4 is 5.32 Å². The Morgan fingerprint density at radius 2 is 2.29 bits per heavy atom. The first-order valence-electron chi connectivity index (χ1n) is 8.12. The van der Waals surface area contributed by atoms with Gasteiger partial charge in [0, 0.05) is 30.0 Å². The Morgan fingerprint density at radius 1 is 1.43 bits per heavy atom. The van der Waals surface area contributed by atoms with Gasteiger partial charge in [-0.1, -0.05) is 18.6 Å². The lowest BCUT2D eigenvalue weighted by atomic mass is 9.46. The molecule has 0 unspecified atom stereocenters. The third kappa shape index (κ3) is 1.86. The van der Waals surface area contributed by atoms with Gasteiger partial charge in [-0.25, -0.2) is 0 Å². The van der Waals surface area contributed by atoms with Crippen molar-refractivity contribution in [2.75, 3.05) is 6.61 Å². The fraction of sp³-hybridized carbons (Fsp3) is 0.611. The summed E-state index contributed by atoms with van der Waals surface area (Å²) in [6, 6.07) is 11.1. The molecule has 2 saturated carbocycles. The third-order valence-corrected chi connectivity index (χ3v) is 5.98. The van der Waals surface area contributed by atoms with Crippen molar-refractivity contribution in [3.8, 4) is 6.07 Å². The van der Waals surface area contributed by atoms with Crippen LogP contribution in [0, 0.1) is 22.7 Å². The Hall–Kier alpha value is -1.37. The highest BCUT2D eigenvalue weighted by atomic mass is 16.5. The molecule has 21 heavy (non-hydrogen) atoms. The first kappa shape index (κ1) is 13.3. The van der Waals surface area contributed by atoms with E-state index in [1.165, 1.54) is 31.2 Å². The molecule has 0 aromatic heterocycles. The minimum atomic E-state index is 0.294. The predicted molar refractivity (Wildman–Crippen MR) is 80.6 cm³/mol. The zero-order chi connectivity index (χ0) is 14.4. The van der Waals surface area contributed by atoms with Gasteiger partial charge >= 0.3 is 0 Å². The number of ether oxygens (including phenoxy) is 1. The second kappa shape index (κ2) is 4.83. The number of benzene rings is 1. The second-order valence-electron chi connectivity index (χ2n) is 6.93. The minimum absolute atomic E-state index is 0.294. The zero-order valence-corrected chi connectivity index (χ0v) is 12.5. The lowest BCUT2D eigenvalue weighted by Gasteiger charge is -2.64. The average Bonchev–Trinajstić information content (AvgIpc) is 2.88. The van der Waals surface area contributed by atoms with Crippen LogP contribution in [0.2, 0.25) is 0 Å². The van der Waals surface area contributed by atoms with E-state index in [2.05, 4.69) is 24.4 Å². The van der Waals surface area contributed by atoms with Crippen LogP contribution in [0.15, 0.2) is 24.3 Å². The molecule has 1 aromatic carbocycles. The van der Waals surface area contributed by atoms with Gasteiger partial charge in [-0.2, -0.15) is 5.26 Å². The summed E-state index contributed by atoms with van der Waals surface area (Å²) in [5.41, 5.74) is 2.38. The van der Waals surface area contributed by atoms with E-state index in [1.54, 1.807) is 0 Å². The SMILES string of the molecule is C[C@H](N[C@@H]1[C@H]2CCO[C@@H]2C12CCC2)c1cccc(C#N)c1. The molecule has 3 fully saturated rings. The maximum absolute atomic E-state index is 9.05. The Morgan fingerprint density at radius 3 is 3.00 bits per heavy atom. The molecule has 1 spiro atoms. The first-order chi connectivity index (χ1) is 10.2. The molecule has 3 nitrogen and oxygen atoms in total. The van der Waals surface area contributed by atoms with Gasteiger partial charge in [0.1, 0.15) is 0 Å². The largest absolute Gasteiger partial charge is 0.377 e. The van der Waals surface area contributed by atoms with Crippen molar-refractivity contribution in [3.05, 3.63) is 35.4 Å². The van der Waals surface area contributed by atoms with Crippen LogP contribution in [0.1, 0.15) is 49.8 Å². The molecule has 3 aliphatic rings. The second-order valence-corrected chi connectivity index (χ2v) is 6.93. The van der Waals surface area contributed by atoms with E-state index in [4.69, 9.17) is 10.00 Å². The first-order valence-corrected chi connectivity index (χ1v) is 8.12. The average molecular weight is 282 g/mol. The van der Waals surface area contributed by atoms with Crippen molar-refractivity contribution < 1.29 is 4.74 Å². The molecule has 3 heteroatoms. The number of rotatable bonds is 3. The molecular weight excluding hydrogens is 260 g/mol. The van der Waals surface area contributed by atoms with E-state index in [1.807, 2.05) is 18.2 Å². The maximum atomic E-state index is 9.05. The molecule has 0 amide bonds. The summed E-state index contributed by atoms with van der Waals surface area (Å²) in [4.78, 5) is 0. The Labute approximate surface area is 126 Å². The van der Waals surface area contributed by atoms with Crippen molar-refractivity contribution in [1.82, 2.24) is 5.32 Å². The van der Waals surface area contributed by atoms with Crippen LogP contribution in [0.5, 0.6) is 0 Å². The molecule has 1 aromatic rings. The van der Waals surface area contributed by atoms with Crippen LogP contribution in [-0.2, 0) is 4.74 Å². The molecule has 1 heterocycles. The normalized spacial score (nSPS) is 33.6. The lowest BCUT2D eigenvalue weighted by molar-refractivity contribution is -0.178. The predicted octanol–water partition coefficient (Wildman–Crippen LogP) is 3.17. The number of nitrogens with one attached hydrogen (secondary N) is 1. The fourth-order valence-electron chi connectivity index (χ4n) is 4.74. The van der Waals surface area contributed by atoms with E-state index in [-0.39, 0.29) is 0 Å².